The number of nitrogens with one attached hydrogen (secondary N) is 1. The van der Waals surface area contributed by atoms with Crippen LogP contribution in [0.4, 0.5) is 22.0 Å². The van der Waals surface area contributed by atoms with Crippen LogP contribution in [-0.2, 0) is 6.18 Å². The number of hydrogen-bond donors (Lipinski definition) is 2. The first-order valence-corrected chi connectivity index (χ1v) is 7.34. The maximum absolute atomic E-state index is 14.2. The smallest absolute Gasteiger partial charge is 0.390 e. The summed E-state index contributed by atoms with van der Waals surface area (Å²) in [5.74, 6) is -3.62. The first kappa shape index (κ1) is 18.4. The summed E-state index contributed by atoms with van der Waals surface area (Å²) in [4.78, 5) is 1.34. The van der Waals surface area contributed by atoms with Gasteiger partial charge in [-0.3, -0.25) is 4.90 Å². The monoisotopic (exact) mass is 358 g/mol. The average molecular weight is 359 g/mol. The molecule has 1 atom stereocenters. The van der Waals surface area contributed by atoms with Crippen LogP contribution in [0.2, 0.25) is 5.02 Å². The Morgan fingerprint density at radius 2 is 1.78 bits per heavy atom. The molecular formula is C14H16ClF5N2O. The maximum atomic E-state index is 14.2. The highest BCUT2D eigenvalue weighted by Crippen LogP contribution is 2.42. The zero-order valence-corrected chi connectivity index (χ0v) is 12.8. The van der Waals surface area contributed by atoms with Crippen molar-refractivity contribution in [2.75, 3.05) is 32.8 Å². The number of nitrogens with zero attached hydrogens (tertiary/aromatic N) is 1. The summed E-state index contributed by atoms with van der Waals surface area (Å²) in [6.07, 6.45) is -4.66. The number of aliphatic hydroxyl groups excluding tert-OH is 1. The fraction of sp³-hybridized carbons (Fsp3) is 0.571. The third kappa shape index (κ3) is 4.12. The number of hydrogen-bond acceptors (Lipinski definition) is 3. The standard InChI is InChI=1S/C14H16ClF5N2O/c15-11-2-1-9(14(18,19)20)7-10(11)12(13(16,17)8-23)22-5-3-21-4-6-22/h1-2,7,12,21,23H,3-6,8H2/t12-/m0/s1. The topological polar surface area (TPSA) is 35.5 Å². The summed E-state index contributed by atoms with van der Waals surface area (Å²) in [5.41, 5.74) is -1.38. The normalized spacial score (nSPS) is 18.9. The van der Waals surface area contributed by atoms with Crippen molar-refractivity contribution in [3.05, 3.63) is 34.3 Å². The van der Waals surface area contributed by atoms with E-state index in [1.54, 1.807) is 0 Å². The number of halogens is 6. The lowest BCUT2D eigenvalue weighted by molar-refractivity contribution is -0.138. The van der Waals surface area contributed by atoms with E-state index in [2.05, 4.69) is 5.32 Å². The first-order chi connectivity index (χ1) is 10.7. The highest BCUT2D eigenvalue weighted by atomic mass is 35.5. The van der Waals surface area contributed by atoms with Crippen LogP contribution in [0.1, 0.15) is 17.2 Å². The van der Waals surface area contributed by atoms with Gasteiger partial charge >= 0.3 is 6.18 Å². The Balaban J connectivity index is 2.50. The van der Waals surface area contributed by atoms with E-state index in [0.717, 1.165) is 12.1 Å². The van der Waals surface area contributed by atoms with Crippen molar-refractivity contribution in [1.29, 1.82) is 0 Å². The molecule has 0 bridgehead atoms. The second-order valence-corrected chi connectivity index (χ2v) is 5.75. The van der Waals surface area contributed by atoms with Crippen LogP contribution in [0.3, 0.4) is 0 Å². The minimum Gasteiger partial charge on any atom is -0.390 e. The predicted octanol–water partition coefficient (Wildman–Crippen LogP) is 2.93. The Morgan fingerprint density at radius 3 is 2.30 bits per heavy atom. The number of aliphatic hydroxyl groups is 1. The summed E-state index contributed by atoms with van der Waals surface area (Å²) in [7, 11) is 0. The quantitative estimate of drug-likeness (QED) is 0.812. The Kier molecular flexibility index (Phi) is 5.50. The van der Waals surface area contributed by atoms with E-state index in [4.69, 9.17) is 16.7 Å². The van der Waals surface area contributed by atoms with Gasteiger partial charge < -0.3 is 10.4 Å². The molecule has 2 N–H and O–H groups in total. The number of alkyl halides is 5. The maximum Gasteiger partial charge on any atom is 0.416 e. The van der Waals surface area contributed by atoms with Crippen LogP contribution in [0.15, 0.2) is 18.2 Å². The van der Waals surface area contributed by atoms with Gasteiger partial charge in [0.05, 0.1) is 5.56 Å². The fourth-order valence-corrected chi connectivity index (χ4v) is 2.87. The number of piperazine rings is 1. The molecule has 0 aliphatic carbocycles. The van der Waals surface area contributed by atoms with Gasteiger partial charge in [-0.2, -0.15) is 13.2 Å². The third-order valence-electron chi connectivity index (χ3n) is 3.75. The summed E-state index contributed by atoms with van der Waals surface area (Å²) in [6.45, 7) is -0.197. The molecule has 2 rings (SSSR count). The summed E-state index contributed by atoms with van der Waals surface area (Å²) < 4.78 is 67.1. The van der Waals surface area contributed by atoms with Gasteiger partial charge in [-0.05, 0) is 23.8 Å². The second kappa shape index (κ2) is 6.88. The SMILES string of the molecule is OCC(F)(F)[C@H](c1cc(C(F)(F)F)ccc1Cl)N1CCNCC1. The van der Waals surface area contributed by atoms with Crippen molar-refractivity contribution < 1.29 is 27.1 Å². The first-order valence-electron chi connectivity index (χ1n) is 6.97. The van der Waals surface area contributed by atoms with Gasteiger partial charge in [0.15, 0.2) is 0 Å². The van der Waals surface area contributed by atoms with Crippen molar-refractivity contribution >= 4 is 11.6 Å². The minimum atomic E-state index is -4.66. The van der Waals surface area contributed by atoms with E-state index in [0.29, 0.717) is 19.2 Å². The second-order valence-electron chi connectivity index (χ2n) is 5.34. The largest absolute Gasteiger partial charge is 0.416 e. The molecule has 23 heavy (non-hydrogen) atoms. The van der Waals surface area contributed by atoms with Gasteiger partial charge in [-0.15, -0.1) is 0 Å². The van der Waals surface area contributed by atoms with E-state index in [9.17, 15) is 22.0 Å². The van der Waals surface area contributed by atoms with Crippen LogP contribution in [0, 0.1) is 0 Å². The molecule has 0 unspecified atom stereocenters. The zero-order chi connectivity index (χ0) is 17.3. The van der Waals surface area contributed by atoms with Crippen molar-refractivity contribution in [3.63, 3.8) is 0 Å². The molecule has 1 aliphatic heterocycles. The van der Waals surface area contributed by atoms with Gasteiger partial charge in [0, 0.05) is 31.2 Å². The highest BCUT2D eigenvalue weighted by Gasteiger charge is 2.45. The van der Waals surface area contributed by atoms with Gasteiger partial charge in [-0.25, -0.2) is 8.78 Å². The van der Waals surface area contributed by atoms with Crippen LogP contribution < -0.4 is 5.32 Å². The van der Waals surface area contributed by atoms with E-state index in [1.807, 2.05) is 0 Å². The van der Waals surface area contributed by atoms with Crippen LogP contribution >= 0.6 is 11.6 Å². The fourth-order valence-electron chi connectivity index (χ4n) is 2.65. The summed E-state index contributed by atoms with van der Waals surface area (Å²) in [5, 5.41) is 11.8. The third-order valence-corrected chi connectivity index (χ3v) is 4.09. The Morgan fingerprint density at radius 1 is 1.17 bits per heavy atom. The molecule has 0 aromatic heterocycles. The Labute approximate surface area is 135 Å². The van der Waals surface area contributed by atoms with Crippen molar-refractivity contribution in [1.82, 2.24) is 10.2 Å². The molecule has 3 nitrogen and oxygen atoms in total. The van der Waals surface area contributed by atoms with Gasteiger partial charge in [0.25, 0.3) is 5.92 Å². The van der Waals surface area contributed by atoms with E-state index < -0.39 is 30.3 Å². The number of rotatable bonds is 4. The molecule has 0 spiro atoms. The van der Waals surface area contributed by atoms with Crippen LogP contribution in [-0.4, -0.2) is 48.7 Å². The molecule has 1 heterocycles. The van der Waals surface area contributed by atoms with E-state index >= 15 is 0 Å². The lowest BCUT2D eigenvalue weighted by atomic mass is 9.96. The van der Waals surface area contributed by atoms with Crippen molar-refractivity contribution in [2.45, 2.75) is 18.1 Å². The van der Waals surface area contributed by atoms with Crippen molar-refractivity contribution in [2.24, 2.45) is 0 Å². The average Bonchev–Trinajstić information content (AvgIpc) is 2.49. The van der Waals surface area contributed by atoms with Gasteiger partial charge in [0.1, 0.15) is 12.6 Å². The van der Waals surface area contributed by atoms with Crippen LogP contribution in [0.25, 0.3) is 0 Å². The molecule has 1 aliphatic rings. The lowest BCUT2D eigenvalue weighted by Crippen LogP contribution is -2.51. The summed E-state index contributed by atoms with van der Waals surface area (Å²) in [6, 6.07) is 0.628. The molecule has 1 aromatic rings. The molecule has 0 radical (unpaired) electrons. The van der Waals surface area contributed by atoms with Crippen LogP contribution in [0.5, 0.6) is 0 Å². The van der Waals surface area contributed by atoms with Crippen molar-refractivity contribution in [3.8, 4) is 0 Å². The molecule has 0 saturated carbocycles. The van der Waals surface area contributed by atoms with E-state index in [1.165, 1.54) is 4.90 Å². The highest BCUT2D eigenvalue weighted by molar-refractivity contribution is 6.31. The molecule has 0 amide bonds. The molecule has 1 saturated heterocycles. The molecular weight excluding hydrogens is 343 g/mol. The molecule has 130 valence electrons. The summed E-state index contributed by atoms with van der Waals surface area (Å²) >= 11 is 5.90. The Bertz CT molecular complexity index is 546. The number of benzene rings is 1. The molecule has 1 fully saturated rings. The van der Waals surface area contributed by atoms with Gasteiger partial charge in [-0.1, -0.05) is 11.6 Å². The zero-order valence-electron chi connectivity index (χ0n) is 12.0. The predicted molar refractivity (Wildman–Crippen MR) is 75.7 cm³/mol. The molecule has 1 aromatic carbocycles. The van der Waals surface area contributed by atoms with Gasteiger partial charge in [0.2, 0.25) is 0 Å². The Hall–Kier alpha value is -0.960. The molecule has 9 heteroatoms. The lowest BCUT2D eigenvalue weighted by Gasteiger charge is -2.39. The minimum absolute atomic E-state index is 0.186. The van der Waals surface area contributed by atoms with E-state index in [-0.39, 0.29) is 23.7 Å².